The molecule has 3 atom stereocenters. The second-order valence-electron chi connectivity index (χ2n) is 5.33. The number of hydrogen-bond acceptors (Lipinski definition) is 3. The summed E-state index contributed by atoms with van der Waals surface area (Å²) in [6, 6.07) is 7.66. The van der Waals surface area contributed by atoms with Crippen LogP contribution in [-0.4, -0.2) is 49.3 Å². The first-order chi connectivity index (χ1) is 9.52. The van der Waals surface area contributed by atoms with E-state index in [0.717, 1.165) is 12.0 Å². The van der Waals surface area contributed by atoms with Gasteiger partial charge in [-0.25, -0.2) is 0 Å². The van der Waals surface area contributed by atoms with Crippen LogP contribution in [0.15, 0.2) is 24.3 Å². The standard InChI is InChI=1S/C15H20ClNO3/c1-17(8-12(18)9-20-2)15(19)14-7-13(14)10-4-3-5-11(16)6-10/h3-6,12-14,18H,7-9H2,1-2H3. The minimum Gasteiger partial charge on any atom is -0.389 e. The highest BCUT2D eigenvalue weighted by Crippen LogP contribution is 2.48. The average molecular weight is 298 g/mol. The van der Waals surface area contributed by atoms with Crippen LogP contribution in [0.1, 0.15) is 17.9 Å². The lowest BCUT2D eigenvalue weighted by Crippen LogP contribution is -2.37. The molecular formula is C15H20ClNO3. The lowest BCUT2D eigenvalue weighted by atomic mass is 10.1. The number of halogens is 1. The van der Waals surface area contributed by atoms with Gasteiger partial charge in [-0.1, -0.05) is 23.7 Å². The van der Waals surface area contributed by atoms with Gasteiger partial charge in [0.15, 0.2) is 0 Å². The zero-order chi connectivity index (χ0) is 14.7. The number of nitrogens with zero attached hydrogens (tertiary/aromatic N) is 1. The molecule has 0 aromatic heterocycles. The normalized spacial score (nSPS) is 22.4. The second-order valence-corrected chi connectivity index (χ2v) is 5.77. The number of aliphatic hydroxyl groups excluding tert-OH is 1. The van der Waals surface area contributed by atoms with Crippen LogP contribution in [0.5, 0.6) is 0 Å². The van der Waals surface area contributed by atoms with Crippen LogP contribution >= 0.6 is 11.6 Å². The number of carbonyl (C=O) groups excluding carboxylic acids is 1. The van der Waals surface area contributed by atoms with Crippen molar-refractivity contribution >= 4 is 17.5 Å². The Bertz CT molecular complexity index is 480. The van der Waals surface area contributed by atoms with Gasteiger partial charge in [0.1, 0.15) is 0 Å². The molecule has 1 aliphatic rings. The van der Waals surface area contributed by atoms with Gasteiger partial charge in [0.25, 0.3) is 0 Å². The monoisotopic (exact) mass is 297 g/mol. The van der Waals surface area contributed by atoms with Crippen molar-refractivity contribution in [1.82, 2.24) is 4.90 Å². The van der Waals surface area contributed by atoms with Gasteiger partial charge in [-0.2, -0.15) is 0 Å². The summed E-state index contributed by atoms with van der Waals surface area (Å²) in [6.45, 7) is 0.533. The molecule has 0 aliphatic heterocycles. The largest absolute Gasteiger partial charge is 0.389 e. The molecule has 5 heteroatoms. The van der Waals surface area contributed by atoms with Gasteiger partial charge in [-0.05, 0) is 30.0 Å². The fourth-order valence-corrected chi connectivity index (χ4v) is 2.71. The molecule has 0 saturated heterocycles. The Hall–Kier alpha value is -1.10. The van der Waals surface area contributed by atoms with E-state index in [1.807, 2.05) is 24.3 Å². The maximum absolute atomic E-state index is 12.3. The lowest BCUT2D eigenvalue weighted by molar-refractivity contribution is -0.133. The summed E-state index contributed by atoms with van der Waals surface area (Å²) in [5.41, 5.74) is 1.11. The van der Waals surface area contributed by atoms with Crippen LogP contribution in [0.4, 0.5) is 0 Å². The smallest absolute Gasteiger partial charge is 0.226 e. The SMILES string of the molecule is COCC(O)CN(C)C(=O)C1CC1c1cccc(Cl)c1. The quantitative estimate of drug-likeness (QED) is 0.872. The molecular weight excluding hydrogens is 278 g/mol. The zero-order valence-electron chi connectivity index (χ0n) is 11.8. The van der Waals surface area contributed by atoms with Crippen LogP contribution in [0.3, 0.4) is 0 Å². The highest BCUT2D eigenvalue weighted by molar-refractivity contribution is 6.30. The Labute approximate surface area is 124 Å². The van der Waals surface area contributed by atoms with Crippen LogP contribution in [0.25, 0.3) is 0 Å². The molecule has 1 fully saturated rings. The molecule has 0 radical (unpaired) electrons. The molecule has 0 bridgehead atoms. The summed E-state index contributed by atoms with van der Waals surface area (Å²) < 4.78 is 4.86. The minimum absolute atomic E-state index is 0.00760. The summed E-state index contributed by atoms with van der Waals surface area (Å²) in [6.07, 6.45) is 0.210. The summed E-state index contributed by atoms with van der Waals surface area (Å²) in [7, 11) is 3.25. The predicted octanol–water partition coefficient (Wildman–Crippen LogP) is 1.91. The molecule has 0 spiro atoms. The molecule has 20 heavy (non-hydrogen) atoms. The van der Waals surface area contributed by atoms with Gasteiger partial charge in [0, 0.05) is 31.6 Å². The van der Waals surface area contributed by atoms with E-state index in [2.05, 4.69) is 0 Å². The first-order valence-electron chi connectivity index (χ1n) is 6.70. The average Bonchev–Trinajstić information content (AvgIpc) is 3.18. The van der Waals surface area contributed by atoms with Crippen molar-refractivity contribution in [3.05, 3.63) is 34.9 Å². The fourth-order valence-electron chi connectivity index (χ4n) is 2.51. The number of benzene rings is 1. The molecule has 3 unspecified atom stereocenters. The minimum atomic E-state index is -0.641. The maximum atomic E-state index is 12.3. The highest BCUT2D eigenvalue weighted by Gasteiger charge is 2.45. The van der Waals surface area contributed by atoms with Crippen molar-refractivity contribution in [2.45, 2.75) is 18.4 Å². The number of methoxy groups -OCH3 is 1. The number of rotatable bonds is 6. The van der Waals surface area contributed by atoms with Crippen LogP contribution in [0.2, 0.25) is 5.02 Å². The van der Waals surface area contributed by atoms with Crippen molar-refractivity contribution in [3.8, 4) is 0 Å². The number of ether oxygens (including phenoxy) is 1. The number of amides is 1. The van der Waals surface area contributed by atoms with E-state index < -0.39 is 6.10 Å². The topological polar surface area (TPSA) is 49.8 Å². The Morgan fingerprint density at radius 1 is 1.60 bits per heavy atom. The van der Waals surface area contributed by atoms with Crippen molar-refractivity contribution in [1.29, 1.82) is 0 Å². The van der Waals surface area contributed by atoms with E-state index in [9.17, 15) is 9.90 Å². The third-order valence-corrected chi connectivity index (χ3v) is 3.84. The summed E-state index contributed by atoms with van der Waals surface area (Å²) in [4.78, 5) is 13.8. The molecule has 4 nitrogen and oxygen atoms in total. The maximum Gasteiger partial charge on any atom is 0.226 e. The van der Waals surface area contributed by atoms with Crippen LogP contribution in [0, 0.1) is 5.92 Å². The Morgan fingerprint density at radius 3 is 3.00 bits per heavy atom. The number of hydrogen-bond donors (Lipinski definition) is 1. The van der Waals surface area contributed by atoms with Gasteiger partial charge < -0.3 is 14.7 Å². The van der Waals surface area contributed by atoms with E-state index in [0.29, 0.717) is 11.6 Å². The van der Waals surface area contributed by atoms with Gasteiger partial charge in [0.2, 0.25) is 5.91 Å². The Balaban J connectivity index is 1.89. The molecule has 1 amide bonds. The van der Waals surface area contributed by atoms with Crippen molar-refractivity contribution in [2.75, 3.05) is 27.3 Å². The van der Waals surface area contributed by atoms with Gasteiger partial charge in [-0.3, -0.25) is 4.79 Å². The first kappa shape index (κ1) is 15.3. The Morgan fingerprint density at radius 2 is 2.35 bits per heavy atom. The van der Waals surface area contributed by atoms with E-state index in [1.165, 1.54) is 7.11 Å². The van der Waals surface area contributed by atoms with E-state index >= 15 is 0 Å². The van der Waals surface area contributed by atoms with Gasteiger partial charge >= 0.3 is 0 Å². The van der Waals surface area contributed by atoms with Gasteiger partial charge in [-0.15, -0.1) is 0 Å². The predicted molar refractivity (Wildman–Crippen MR) is 77.8 cm³/mol. The molecule has 0 heterocycles. The van der Waals surface area contributed by atoms with Crippen LogP contribution < -0.4 is 0 Å². The first-order valence-corrected chi connectivity index (χ1v) is 7.08. The van der Waals surface area contributed by atoms with E-state index in [-0.39, 0.29) is 24.3 Å². The molecule has 2 rings (SSSR count). The fraction of sp³-hybridized carbons (Fsp3) is 0.533. The van der Waals surface area contributed by atoms with Crippen LogP contribution in [-0.2, 0) is 9.53 Å². The molecule has 1 saturated carbocycles. The Kier molecular flexibility index (Phi) is 5.02. The van der Waals surface area contributed by atoms with Crippen molar-refractivity contribution in [3.63, 3.8) is 0 Å². The number of aliphatic hydroxyl groups is 1. The summed E-state index contributed by atoms with van der Waals surface area (Å²) in [5.74, 6) is 0.335. The van der Waals surface area contributed by atoms with Crippen molar-refractivity contribution < 1.29 is 14.6 Å². The van der Waals surface area contributed by atoms with Gasteiger partial charge in [0.05, 0.1) is 12.7 Å². The third kappa shape index (κ3) is 3.72. The molecule has 1 aromatic rings. The van der Waals surface area contributed by atoms with E-state index in [4.69, 9.17) is 16.3 Å². The molecule has 1 aromatic carbocycles. The van der Waals surface area contributed by atoms with E-state index in [1.54, 1.807) is 11.9 Å². The third-order valence-electron chi connectivity index (χ3n) is 3.60. The second kappa shape index (κ2) is 6.57. The van der Waals surface area contributed by atoms with Crippen molar-refractivity contribution in [2.24, 2.45) is 5.92 Å². The summed E-state index contributed by atoms with van der Waals surface area (Å²) in [5, 5.41) is 10.4. The number of likely N-dealkylation sites (N-methyl/N-ethyl adjacent to an activating group) is 1. The molecule has 110 valence electrons. The summed E-state index contributed by atoms with van der Waals surface area (Å²) >= 11 is 5.97. The zero-order valence-corrected chi connectivity index (χ0v) is 12.5. The highest BCUT2D eigenvalue weighted by atomic mass is 35.5. The molecule has 1 N–H and O–H groups in total. The number of carbonyl (C=O) groups is 1. The molecule has 1 aliphatic carbocycles. The lowest BCUT2D eigenvalue weighted by Gasteiger charge is -2.20.